The van der Waals surface area contributed by atoms with Crippen molar-refractivity contribution in [2.45, 2.75) is 19.0 Å². The molecule has 2 aliphatic rings. The molecular formula is C23H19FN4O3. The predicted molar refractivity (Wildman–Crippen MR) is 108 cm³/mol. The quantitative estimate of drug-likeness (QED) is 0.595. The Morgan fingerprint density at radius 3 is 2.16 bits per heavy atom. The number of Topliss-reactive ketones (excluding diaryl/α,β-unsaturated/α-hetero) is 2. The number of carbonyl (C=O) groups excluding carboxylic acids is 3. The molecular weight excluding hydrogens is 399 g/mol. The van der Waals surface area contributed by atoms with Crippen LogP contribution in [0.1, 0.15) is 38.7 Å². The van der Waals surface area contributed by atoms with Gasteiger partial charge in [-0.05, 0) is 24.1 Å². The highest BCUT2D eigenvalue weighted by atomic mass is 19.1. The van der Waals surface area contributed by atoms with Crippen molar-refractivity contribution in [3.63, 3.8) is 0 Å². The highest BCUT2D eigenvalue weighted by Gasteiger charge is 2.57. The average molecular weight is 418 g/mol. The summed E-state index contributed by atoms with van der Waals surface area (Å²) >= 11 is 0. The van der Waals surface area contributed by atoms with Crippen LogP contribution in [0.2, 0.25) is 0 Å². The van der Waals surface area contributed by atoms with Gasteiger partial charge in [-0.25, -0.2) is 4.39 Å². The van der Waals surface area contributed by atoms with Gasteiger partial charge in [0.25, 0.3) is 0 Å². The number of fused-ring (bicyclic) bond motifs is 2. The molecule has 2 heterocycles. The predicted octanol–water partition coefficient (Wildman–Crippen LogP) is 2.70. The van der Waals surface area contributed by atoms with Crippen LogP contribution in [0, 0.1) is 17.7 Å². The summed E-state index contributed by atoms with van der Waals surface area (Å²) in [5, 5.41) is 7.54. The number of rotatable bonds is 5. The molecule has 2 unspecified atom stereocenters. The first-order chi connectivity index (χ1) is 15.1. The first-order valence-corrected chi connectivity index (χ1v) is 10.1. The second kappa shape index (κ2) is 7.54. The van der Waals surface area contributed by atoms with Crippen molar-refractivity contribution in [1.82, 2.24) is 19.7 Å². The molecule has 7 nitrogen and oxygen atoms in total. The molecule has 2 aromatic carbocycles. The molecule has 8 heteroatoms. The van der Waals surface area contributed by atoms with Crippen molar-refractivity contribution < 1.29 is 18.8 Å². The Balaban J connectivity index is 1.53. The van der Waals surface area contributed by atoms with Crippen LogP contribution in [0.4, 0.5) is 4.39 Å². The molecule has 1 aromatic heterocycles. The molecule has 0 bridgehead atoms. The normalized spacial score (nSPS) is 22.5. The number of ketones is 2. The van der Waals surface area contributed by atoms with E-state index >= 15 is 0 Å². The second-order valence-corrected chi connectivity index (χ2v) is 7.86. The molecule has 156 valence electrons. The van der Waals surface area contributed by atoms with Crippen LogP contribution in [0.3, 0.4) is 0 Å². The second-order valence-electron chi connectivity index (χ2n) is 7.86. The van der Waals surface area contributed by atoms with Gasteiger partial charge in [-0.3, -0.25) is 14.4 Å². The first kappa shape index (κ1) is 19.3. The van der Waals surface area contributed by atoms with Crippen molar-refractivity contribution in [2.24, 2.45) is 11.8 Å². The van der Waals surface area contributed by atoms with E-state index in [1.54, 1.807) is 58.5 Å². The van der Waals surface area contributed by atoms with Crippen LogP contribution < -0.4 is 0 Å². The van der Waals surface area contributed by atoms with Gasteiger partial charge < -0.3 is 9.47 Å². The summed E-state index contributed by atoms with van der Waals surface area (Å²) in [4.78, 5) is 41.6. The van der Waals surface area contributed by atoms with Gasteiger partial charge in [0.1, 0.15) is 24.4 Å². The molecule has 1 amide bonds. The van der Waals surface area contributed by atoms with E-state index in [1.807, 2.05) is 0 Å². The zero-order valence-electron chi connectivity index (χ0n) is 16.5. The number of hydrogen-bond acceptors (Lipinski definition) is 5. The van der Waals surface area contributed by atoms with E-state index in [0.717, 1.165) is 0 Å². The standard InChI is InChI=1S/C23H19FN4O3/c24-15-8-6-14(7-9-15)20-18-19(22(30)17-5-2-1-4-16(17)21(18)29)23(31)28(20)11-3-10-27-12-25-26-13-27/h1-2,4-9,12-13,18-20H,3,10-11H2/t18?,19?,20-/m0/s1. The van der Waals surface area contributed by atoms with E-state index in [4.69, 9.17) is 0 Å². The van der Waals surface area contributed by atoms with Crippen molar-refractivity contribution in [1.29, 1.82) is 0 Å². The monoisotopic (exact) mass is 418 g/mol. The lowest BCUT2D eigenvalue weighted by Crippen LogP contribution is -2.37. The van der Waals surface area contributed by atoms with E-state index in [-0.39, 0.29) is 17.5 Å². The molecule has 5 rings (SSSR count). The zero-order valence-corrected chi connectivity index (χ0v) is 16.5. The van der Waals surface area contributed by atoms with Crippen LogP contribution in [0.25, 0.3) is 0 Å². The fourth-order valence-electron chi connectivity index (χ4n) is 4.73. The Labute approximate surface area is 177 Å². The number of hydrogen-bond donors (Lipinski definition) is 0. The lowest BCUT2D eigenvalue weighted by atomic mass is 9.72. The maximum atomic E-state index is 13.6. The lowest BCUT2D eigenvalue weighted by Gasteiger charge is -2.30. The van der Waals surface area contributed by atoms with Crippen LogP contribution in [-0.2, 0) is 11.3 Å². The summed E-state index contributed by atoms with van der Waals surface area (Å²) in [6.07, 6.45) is 3.77. The number of likely N-dealkylation sites (tertiary alicyclic amines) is 1. The van der Waals surface area contributed by atoms with Crippen LogP contribution in [-0.4, -0.2) is 43.7 Å². The minimum absolute atomic E-state index is 0.218. The number of nitrogens with zero attached hydrogens (tertiary/aromatic N) is 4. The van der Waals surface area contributed by atoms with Gasteiger partial charge in [0.05, 0.1) is 12.0 Å². The third kappa shape index (κ3) is 3.15. The number of aromatic nitrogens is 3. The van der Waals surface area contributed by atoms with Crippen LogP contribution >= 0.6 is 0 Å². The molecule has 0 N–H and O–H groups in total. The molecule has 0 radical (unpaired) electrons. The SMILES string of the molecule is O=C1c2ccccc2C(=O)C2C1C(=O)N(CCCn1cnnc1)[C@H]2c1ccc(F)cc1. The third-order valence-electron chi connectivity index (χ3n) is 6.12. The Hall–Kier alpha value is -3.68. The minimum Gasteiger partial charge on any atom is -0.334 e. The summed E-state index contributed by atoms with van der Waals surface area (Å²) in [7, 11) is 0. The number of amides is 1. The van der Waals surface area contributed by atoms with Crippen molar-refractivity contribution >= 4 is 17.5 Å². The molecule has 1 aliphatic heterocycles. The fraction of sp³-hybridized carbons (Fsp3) is 0.261. The number of halogens is 1. The van der Waals surface area contributed by atoms with E-state index in [2.05, 4.69) is 10.2 Å². The Bertz CT molecular complexity index is 1160. The van der Waals surface area contributed by atoms with E-state index in [1.165, 1.54) is 12.1 Å². The minimum atomic E-state index is -1.05. The maximum absolute atomic E-state index is 13.6. The van der Waals surface area contributed by atoms with Crippen LogP contribution in [0.15, 0.2) is 61.2 Å². The fourth-order valence-corrected chi connectivity index (χ4v) is 4.73. The Morgan fingerprint density at radius 1 is 0.839 bits per heavy atom. The van der Waals surface area contributed by atoms with Gasteiger partial charge >= 0.3 is 0 Å². The van der Waals surface area contributed by atoms with Crippen molar-refractivity contribution in [2.75, 3.05) is 6.54 Å². The topological polar surface area (TPSA) is 85.2 Å². The molecule has 1 saturated heterocycles. The van der Waals surface area contributed by atoms with Gasteiger partial charge in [-0.1, -0.05) is 36.4 Å². The van der Waals surface area contributed by atoms with Gasteiger partial charge in [0, 0.05) is 24.2 Å². The number of carbonyl (C=O) groups is 3. The summed E-state index contributed by atoms with van der Waals surface area (Å²) in [5.74, 6) is -3.17. The van der Waals surface area contributed by atoms with Crippen LogP contribution in [0.5, 0.6) is 0 Å². The highest BCUT2D eigenvalue weighted by molar-refractivity contribution is 6.23. The molecule has 3 aromatic rings. The Kier molecular flexibility index (Phi) is 4.69. The van der Waals surface area contributed by atoms with Gasteiger partial charge in [0.2, 0.25) is 5.91 Å². The average Bonchev–Trinajstić information content (AvgIpc) is 3.40. The van der Waals surface area contributed by atoms with Gasteiger partial charge in [-0.15, -0.1) is 10.2 Å². The maximum Gasteiger partial charge on any atom is 0.234 e. The van der Waals surface area contributed by atoms with Gasteiger partial charge in [0.15, 0.2) is 11.6 Å². The first-order valence-electron chi connectivity index (χ1n) is 10.1. The Morgan fingerprint density at radius 2 is 1.48 bits per heavy atom. The smallest absolute Gasteiger partial charge is 0.234 e. The zero-order chi connectivity index (χ0) is 21.5. The lowest BCUT2D eigenvalue weighted by molar-refractivity contribution is -0.131. The summed E-state index contributed by atoms with van der Waals surface area (Å²) in [6.45, 7) is 0.938. The highest BCUT2D eigenvalue weighted by Crippen LogP contribution is 2.47. The summed E-state index contributed by atoms with van der Waals surface area (Å²) in [5.41, 5.74) is 1.29. The molecule has 3 atom stereocenters. The molecule has 0 spiro atoms. The van der Waals surface area contributed by atoms with Gasteiger partial charge in [-0.2, -0.15) is 0 Å². The molecule has 1 fully saturated rings. The van der Waals surface area contributed by atoms with Crippen molar-refractivity contribution in [3.8, 4) is 0 Å². The van der Waals surface area contributed by atoms with Crippen molar-refractivity contribution in [3.05, 3.63) is 83.7 Å². The molecule has 31 heavy (non-hydrogen) atoms. The van der Waals surface area contributed by atoms with E-state index < -0.39 is 23.7 Å². The molecule has 1 aliphatic carbocycles. The summed E-state index contributed by atoms with van der Waals surface area (Å²) in [6, 6.07) is 11.8. The number of benzene rings is 2. The number of aryl methyl sites for hydroxylation is 1. The largest absolute Gasteiger partial charge is 0.334 e. The van der Waals surface area contributed by atoms with E-state index in [9.17, 15) is 18.8 Å². The summed E-state index contributed by atoms with van der Waals surface area (Å²) < 4.78 is 15.4. The molecule has 0 saturated carbocycles. The van der Waals surface area contributed by atoms with E-state index in [0.29, 0.717) is 36.2 Å². The third-order valence-corrected chi connectivity index (χ3v) is 6.12.